The average Bonchev–Trinajstić information content (AvgIpc) is 2.70. The minimum absolute atomic E-state index is 0.534. The lowest BCUT2D eigenvalue weighted by Gasteiger charge is -2.12. The first-order valence-corrected chi connectivity index (χ1v) is 5.09. The molecule has 2 aliphatic rings. The van der Waals surface area contributed by atoms with Crippen molar-refractivity contribution in [2.75, 3.05) is 13.1 Å². The van der Waals surface area contributed by atoms with Gasteiger partial charge in [-0.1, -0.05) is 29.8 Å². The van der Waals surface area contributed by atoms with Crippen LogP contribution in [-0.4, -0.2) is 13.1 Å². The van der Waals surface area contributed by atoms with Crippen molar-refractivity contribution < 1.29 is 0 Å². The molecule has 1 aliphatic carbocycles. The van der Waals surface area contributed by atoms with Crippen LogP contribution in [0.3, 0.4) is 0 Å². The largest absolute Gasteiger partial charge is 0.316 e. The van der Waals surface area contributed by atoms with Crippen LogP contribution >= 0.6 is 0 Å². The van der Waals surface area contributed by atoms with E-state index >= 15 is 0 Å². The second kappa shape index (κ2) is 2.36. The lowest BCUT2D eigenvalue weighted by Crippen LogP contribution is -2.19. The molecular formula is C12H15N. The summed E-state index contributed by atoms with van der Waals surface area (Å²) in [5.74, 6) is 0.925. The molecule has 3 rings (SSSR count). The van der Waals surface area contributed by atoms with Crippen molar-refractivity contribution in [2.24, 2.45) is 5.92 Å². The zero-order valence-electron chi connectivity index (χ0n) is 8.01. The third-order valence-electron chi connectivity index (χ3n) is 3.66. The van der Waals surface area contributed by atoms with Crippen molar-refractivity contribution in [1.29, 1.82) is 0 Å². The standard InChI is InChI=1S/C12H15N/c1-9-3-2-4-10(5-9)12-6-11(12)7-13-8-12/h2-5,11,13H,6-8H2,1H3/t11-,12-/m0/s1. The first-order valence-electron chi connectivity index (χ1n) is 5.09. The van der Waals surface area contributed by atoms with Gasteiger partial charge in [0, 0.05) is 12.0 Å². The molecule has 0 amide bonds. The van der Waals surface area contributed by atoms with Gasteiger partial charge in [0.2, 0.25) is 0 Å². The highest BCUT2D eigenvalue weighted by Crippen LogP contribution is 2.56. The van der Waals surface area contributed by atoms with E-state index in [1.807, 2.05) is 0 Å². The molecular weight excluding hydrogens is 158 g/mol. The van der Waals surface area contributed by atoms with Gasteiger partial charge in [0.05, 0.1) is 0 Å². The maximum atomic E-state index is 3.48. The van der Waals surface area contributed by atoms with Crippen LogP contribution in [0.2, 0.25) is 0 Å². The lowest BCUT2D eigenvalue weighted by molar-refractivity contribution is 0.675. The van der Waals surface area contributed by atoms with Gasteiger partial charge in [-0.15, -0.1) is 0 Å². The molecule has 2 atom stereocenters. The SMILES string of the molecule is Cc1cccc([C@]23CNC[C@@H]2C3)c1. The van der Waals surface area contributed by atoms with Gasteiger partial charge in [-0.3, -0.25) is 0 Å². The molecule has 1 aromatic carbocycles. The van der Waals surface area contributed by atoms with Crippen LogP contribution in [0, 0.1) is 12.8 Å². The summed E-state index contributed by atoms with van der Waals surface area (Å²) in [6.45, 7) is 4.61. The summed E-state index contributed by atoms with van der Waals surface area (Å²) in [5.41, 5.74) is 3.48. The topological polar surface area (TPSA) is 12.0 Å². The molecule has 0 spiro atoms. The summed E-state index contributed by atoms with van der Waals surface area (Å²) in [6, 6.07) is 9.01. The first kappa shape index (κ1) is 7.57. The Morgan fingerprint density at radius 1 is 1.46 bits per heavy atom. The highest BCUT2D eigenvalue weighted by Gasteiger charge is 2.57. The lowest BCUT2D eigenvalue weighted by atomic mass is 9.94. The van der Waals surface area contributed by atoms with E-state index in [1.54, 1.807) is 5.56 Å². The van der Waals surface area contributed by atoms with Crippen LogP contribution in [0.4, 0.5) is 0 Å². The van der Waals surface area contributed by atoms with Crippen molar-refractivity contribution in [1.82, 2.24) is 5.32 Å². The molecule has 68 valence electrons. The zero-order chi connectivity index (χ0) is 8.89. The second-order valence-electron chi connectivity index (χ2n) is 4.56. The second-order valence-corrected chi connectivity index (χ2v) is 4.56. The van der Waals surface area contributed by atoms with Gasteiger partial charge in [-0.25, -0.2) is 0 Å². The normalized spacial score (nSPS) is 35.9. The van der Waals surface area contributed by atoms with Crippen LogP contribution < -0.4 is 5.32 Å². The summed E-state index contributed by atoms with van der Waals surface area (Å²) in [5, 5.41) is 3.48. The van der Waals surface area contributed by atoms with E-state index in [9.17, 15) is 0 Å². The molecule has 1 N–H and O–H groups in total. The van der Waals surface area contributed by atoms with Crippen molar-refractivity contribution in [3.63, 3.8) is 0 Å². The van der Waals surface area contributed by atoms with Crippen molar-refractivity contribution >= 4 is 0 Å². The molecule has 2 fully saturated rings. The average molecular weight is 173 g/mol. The maximum Gasteiger partial charge on any atom is 0.0122 e. The highest BCUT2D eigenvalue weighted by molar-refractivity contribution is 5.38. The minimum atomic E-state index is 0.534. The van der Waals surface area contributed by atoms with Gasteiger partial charge in [0.15, 0.2) is 0 Å². The van der Waals surface area contributed by atoms with Crippen LogP contribution in [0.25, 0.3) is 0 Å². The molecule has 1 aromatic rings. The summed E-state index contributed by atoms with van der Waals surface area (Å²) in [4.78, 5) is 0. The van der Waals surface area contributed by atoms with Crippen LogP contribution in [0.5, 0.6) is 0 Å². The summed E-state index contributed by atoms with van der Waals surface area (Å²) < 4.78 is 0. The number of hydrogen-bond acceptors (Lipinski definition) is 1. The van der Waals surface area contributed by atoms with E-state index in [4.69, 9.17) is 0 Å². The Bertz CT molecular complexity index is 345. The number of piperidine rings is 1. The van der Waals surface area contributed by atoms with E-state index < -0.39 is 0 Å². The molecule has 0 radical (unpaired) electrons. The Hall–Kier alpha value is -0.820. The zero-order valence-corrected chi connectivity index (χ0v) is 8.01. The third-order valence-corrected chi connectivity index (χ3v) is 3.66. The molecule has 1 saturated heterocycles. The predicted molar refractivity (Wildman–Crippen MR) is 53.8 cm³/mol. The molecule has 1 aliphatic heterocycles. The van der Waals surface area contributed by atoms with Crippen molar-refractivity contribution in [3.05, 3.63) is 35.4 Å². The Kier molecular flexibility index (Phi) is 1.37. The number of fused-ring (bicyclic) bond motifs is 1. The van der Waals surface area contributed by atoms with E-state index in [2.05, 4.69) is 36.5 Å². The monoisotopic (exact) mass is 173 g/mol. The number of rotatable bonds is 1. The first-order chi connectivity index (χ1) is 6.31. The molecule has 13 heavy (non-hydrogen) atoms. The fourth-order valence-electron chi connectivity index (χ4n) is 2.74. The van der Waals surface area contributed by atoms with Gasteiger partial charge in [-0.2, -0.15) is 0 Å². The molecule has 0 aromatic heterocycles. The van der Waals surface area contributed by atoms with Crippen molar-refractivity contribution in [2.45, 2.75) is 18.8 Å². The van der Waals surface area contributed by atoms with Crippen molar-refractivity contribution in [3.8, 4) is 0 Å². The summed E-state index contributed by atoms with van der Waals surface area (Å²) >= 11 is 0. The fourth-order valence-corrected chi connectivity index (χ4v) is 2.74. The van der Waals surface area contributed by atoms with Gasteiger partial charge >= 0.3 is 0 Å². The van der Waals surface area contributed by atoms with Crippen LogP contribution in [-0.2, 0) is 5.41 Å². The maximum absolute atomic E-state index is 3.48. The quantitative estimate of drug-likeness (QED) is 0.683. The predicted octanol–water partition coefficient (Wildman–Crippen LogP) is 1.86. The van der Waals surface area contributed by atoms with E-state index in [0.29, 0.717) is 5.41 Å². The molecule has 1 nitrogen and oxygen atoms in total. The Balaban J connectivity index is 2.01. The smallest absolute Gasteiger partial charge is 0.0122 e. The molecule has 0 unspecified atom stereocenters. The molecule has 1 heterocycles. The number of benzene rings is 1. The Labute approximate surface area is 79.2 Å². The third kappa shape index (κ3) is 0.969. The van der Waals surface area contributed by atoms with Gasteiger partial charge < -0.3 is 5.32 Å². The molecule has 1 heteroatoms. The fraction of sp³-hybridized carbons (Fsp3) is 0.500. The van der Waals surface area contributed by atoms with E-state index in [-0.39, 0.29) is 0 Å². The van der Waals surface area contributed by atoms with Gasteiger partial charge in [0.1, 0.15) is 0 Å². The number of aryl methyl sites for hydroxylation is 1. The summed E-state index contributed by atoms with van der Waals surface area (Å²) in [6.07, 6.45) is 1.41. The Morgan fingerprint density at radius 2 is 2.38 bits per heavy atom. The molecule has 1 saturated carbocycles. The van der Waals surface area contributed by atoms with Crippen LogP contribution in [0.1, 0.15) is 17.5 Å². The van der Waals surface area contributed by atoms with Crippen LogP contribution in [0.15, 0.2) is 24.3 Å². The molecule has 0 bridgehead atoms. The summed E-state index contributed by atoms with van der Waals surface area (Å²) in [7, 11) is 0. The van der Waals surface area contributed by atoms with Gasteiger partial charge in [-0.05, 0) is 31.4 Å². The number of hydrogen-bond donors (Lipinski definition) is 1. The van der Waals surface area contributed by atoms with Gasteiger partial charge in [0.25, 0.3) is 0 Å². The Morgan fingerprint density at radius 3 is 3.00 bits per heavy atom. The minimum Gasteiger partial charge on any atom is -0.316 e. The number of nitrogens with one attached hydrogen (secondary N) is 1. The van der Waals surface area contributed by atoms with E-state index in [1.165, 1.54) is 25.1 Å². The van der Waals surface area contributed by atoms with E-state index in [0.717, 1.165) is 5.92 Å². The highest BCUT2D eigenvalue weighted by atomic mass is 15.0.